The van der Waals surface area contributed by atoms with Gasteiger partial charge in [-0.05, 0) is 73.2 Å². The smallest absolute Gasteiger partial charge is 0.261 e. The average Bonchev–Trinajstić information content (AvgIpc) is 4.05. The minimum absolute atomic E-state index is 0.0696. The molecule has 0 bridgehead atoms. The van der Waals surface area contributed by atoms with Crippen molar-refractivity contribution in [1.82, 2.24) is 9.80 Å². The van der Waals surface area contributed by atoms with Gasteiger partial charge in [-0.15, -0.1) is 22.7 Å². The zero-order valence-electron chi connectivity index (χ0n) is 31.7. The number of amides is 2. The summed E-state index contributed by atoms with van der Waals surface area (Å²) in [6, 6.07) is 28.5. The van der Waals surface area contributed by atoms with Crippen molar-refractivity contribution >= 4 is 67.8 Å². The lowest BCUT2D eigenvalue weighted by atomic mass is 9.98. The van der Waals surface area contributed by atoms with Gasteiger partial charge in [0.2, 0.25) is 0 Å². The van der Waals surface area contributed by atoms with Crippen LogP contribution in [0.25, 0.3) is 54.6 Å². The van der Waals surface area contributed by atoms with E-state index in [0.717, 1.165) is 116 Å². The van der Waals surface area contributed by atoms with Crippen molar-refractivity contribution in [3.05, 3.63) is 106 Å². The van der Waals surface area contributed by atoms with Crippen LogP contribution in [0, 0.1) is 11.8 Å². The molecular formula is C46H48N2O4S2. The van der Waals surface area contributed by atoms with E-state index in [1.54, 1.807) is 22.7 Å². The van der Waals surface area contributed by atoms with Crippen molar-refractivity contribution in [3.63, 3.8) is 0 Å². The summed E-state index contributed by atoms with van der Waals surface area (Å²) in [5.74, 6) is 2.09. The van der Waals surface area contributed by atoms with Crippen molar-refractivity contribution in [2.75, 3.05) is 13.1 Å². The van der Waals surface area contributed by atoms with Crippen LogP contribution in [0.1, 0.15) is 88.8 Å². The molecule has 2 aliphatic rings. The largest absolute Gasteiger partial charge is 0.455 e. The maximum atomic E-state index is 15.1. The fourth-order valence-electron chi connectivity index (χ4n) is 8.01. The predicted octanol–water partition coefficient (Wildman–Crippen LogP) is 12.9. The molecule has 2 amide bonds. The van der Waals surface area contributed by atoms with E-state index in [2.05, 4.69) is 76.2 Å². The first kappa shape index (κ1) is 36.3. The third-order valence-electron chi connectivity index (χ3n) is 11.2. The van der Waals surface area contributed by atoms with E-state index in [1.807, 2.05) is 46.2 Å². The Balaban J connectivity index is 1.27. The van der Waals surface area contributed by atoms with Gasteiger partial charge in [0.15, 0.2) is 0 Å². The quantitative estimate of drug-likeness (QED) is 0.0986. The SMILES string of the molecule is CCCCC(CC)CN1C(=O)C2=C(c3ccc(-c4cc5ccccc5o4)s3)N(CC(CC)CCCC)C(=O)C2=C1c1ccc(-c2cc3ccccc3o2)s1. The van der Waals surface area contributed by atoms with Crippen molar-refractivity contribution < 1.29 is 18.4 Å². The van der Waals surface area contributed by atoms with Gasteiger partial charge in [-0.1, -0.05) is 103 Å². The highest BCUT2D eigenvalue weighted by Gasteiger charge is 2.50. The number of rotatable bonds is 16. The van der Waals surface area contributed by atoms with Gasteiger partial charge in [-0.25, -0.2) is 0 Å². The highest BCUT2D eigenvalue weighted by atomic mass is 32.1. The maximum Gasteiger partial charge on any atom is 0.261 e. The Bertz CT molecular complexity index is 2150. The highest BCUT2D eigenvalue weighted by molar-refractivity contribution is 7.17. The van der Waals surface area contributed by atoms with E-state index < -0.39 is 0 Å². The first-order chi connectivity index (χ1) is 26.4. The molecule has 54 heavy (non-hydrogen) atoms. The second-order valence-corrected chi connectivity index (χ2v) is 16.9. The van der Waals surface area contributed by atoms with Crippen molar-refractivity contribution in [3.8, 4) is 21.3 Å². The lowest BCUT2D eigenvalue weighted by molar-refractivity contribution is -0.124. The molecule has 8 heteroatoms. The monoisotopic (exact) mass is 756 g/mol. The Labute approximate surface area is 325 Å². The van der Waals surface area contributed by atoms with Crippen LogP contribution >= 0.6 is 22.7 Å². The Morgan fingerprint density at radius 2 is 0.963 bits per heavy atom. The van der Waals surface area contributed by atoms with Crippen LogP contribution in [-0.4, -0.2) is 34.7 Å². The molecule has 2 aliphatic heterocycles. The molecule has 6 nitrogen and oxygen atoms in total. The molecule has 278 valence electrons. The number of benzene rings is 2. The van der Waals surface area contributed by atoms with Gasteiger partial charge < -0.3 is 18.6 Å². The summed E-state index contributed by atoms with van der Waals surface area (Å²) in [5.41, 5.74) is 4.26. The Morgan fingerprint density at radius 1 is 0.556 bits per heavy atom. The Morgan fingerprint density at radius 3 is 1.35 bits per heavy atom. The van der Waals surface area contributed by atoms with Crippen molar-refractivity contribution in [2.45, 2.75) is 79.1 Å². The number of fused-ring (bicyclic) bond motifs is 3. The number of carbonyl (C=O) groups excluding carboxylic acids is 2. The predicted molar refractivity (Wildman–Crippen MR) is 223 cm³/mol. The number of thiophene rings is 2. The summed E-state index contributed by atoms with van der Waals surface area (Å²) < 4.78 is 12.5. The van der Waals surface area contributed by atoms with Gasteiger partial charge in [0, 0.05) is 23.9 Å². The maximum absolute atomic E-state index is 15.1. The van der Waals surface area contributed by atoms with E-state index in [1.165, 1.54) is 0 Å². The van der Waals surface area contributed by atoms with Gasteiger partial charge >= 0.3 is 0 Å². The fourth-order valence-corrected chi connectivity index (χ4v) is 10.0. The lowest BCUT2D eigenvalue weighted by Gasteiger charge is -2.29. The van der Waals surface area contributed by atoms with Crippen LogP contribution in [0.15, 0.2) is 105 Å². The minimum Gasteiger partial charge on any atom is -0.455 e. The van der Waals surface area contributed by atoms with Crippen LogP contribution in [-0.2, 0) is 9.59 Å². The first-order valence-electron chi connectivity index (χ1n) is 19.7. The summed E-state index contributed by atoms with van der Waals surface area (Å²) in [5, 5.41) is 2.10. The second kappa shape index (κ2) is 15.6. The molecule has 0 N–H and O–H groups in total. The topological polar surface area (TPSA) is 66.9 Å². The van der Waals surface area contributed by atoms with Crippen molar-refractivity contribution in [1.29, 1.82) is 0 Å². The number of nitrogens with zero attached hydrogens (tertiary/aromatic N) is 2. The third kappa shape index (κ3) is 6.68. The molecule has 6 aromatic rings. The van der Waals surface area contributed by atoms with E-state index in [9.17, 15) is 0 Å². The van der Waals surface area contributed by atoms with Gasteiger partial charge in [0.1, 0.15) is 22.7 Å². The molecule has 6 heterocycles. The van der Waals surface area contributed by atoms with E-state index >= 15 is 9.59 Å². The number of para-hydroxylation sites is 2. The van der Waals surface area contributed by atoms with E-state index in [4.69, 9.17) is 8.83 Å². The van der Waals surface area contributed by atoms with Crippen LogP contribution in [0.4, 0.5) is 0 Å². The van der Waals surface area contributed by atoms with Crippen molar-refractivity contribution in [2.24, 2.45) is 11.8 Å². The van der Waals surface area contributed by atoms with Crippen LogP contribution in [0.5, 0.6) is 0 Å². The summed E-state index contributed by atoms with van der Waals surface area (Å²) in [7, 11) is 0. The van der Waals surface area contributed by atoms with Gasteiger partial charge in [-0.3, -0.25) is 9.59 Å². The molecule has 2 atom stereocenters. The molecule has 8 rings (SSSR count). The van der Waals surface area contributed by atoms with Gasteiger partial charge in [0.05, 0.1) is 42.0 Å². The van der Waals surface area contributed by atoms with Gasteiger partial charge in [0.25, 0.3) is 11.8 Å². The highest BCUT2D eigenvalue weighted by Crippen LogP contribution is 2.51. The lowest BCUT2D eigenvalue weighted by Crippen LogP contribution is -2.34. The van der Waals surface area contributed by atoms with Crippen LogP contribution in [0.3, 0.4) is 0 Å². The number of furan rings is 2. The zero-order valence-corrected chi connectivity index (χ0v) is 33.3. The summed E-state index contributed by atoms with van der Waals surface area (Å²) in [6.45, 7) is 10.0. The molecule has 4 aromatic heterocycles. The molecule has 0 fully saturated rings. The zero-order chi connectivity index (χ0) is 37.3. The molecule has 2 aromatic carbocycles. The average molecular weight is 757 g/mol. The molecule has 0 saturated carbocycles. The molecule has 0 saturated heterocycles. The van der Waals surface area contributed by atoms with Crippen LogP contribution < -0.4 is 0 Å². The van der Waals surface area contributed by atoms with Gasteiger partial charge in [-0.2, -0.15) is 0 Å². The first-order valence-corrected chi connectivity index (χ1v) is 21.4. The summed E-state index contributed by atoms with van der Waals surface area (Å²) >= 11 is 3.18. The summed E-state index contributed by atoms with van der Waals surface area (Å²) in [4.78, 5) is 37.9. The molecule has 0 aliphatic carbocycles. The Kier molecular flexibility index (Phi) is 10.5. The molecule has 0 radical (unpaired) electrons. The Hall–Kier alpha value is -4.66. The number of hydrogen-bond donors (Lipinski definition) is 0. The van der Waals surface area contributed by atoms with E-state index in [-0.39, 0.29) is 11.8 Å². The van der Waals surface area contributed by atoms with Crippen LogP contribution in [0.2, 0.25) is 0 Å². The fraction of sp³-hybridized carbons (Fsp3) is 0.348. The molecular weight excluding hydrogens is 709 g/mol. The standard InChI is InChI=1S/C46H48N2O4S2/c1-5-9-15-29(7-3)27-47-43(39-23-21-37(53-39)35-25-31-17-11-13-19-33(31)51-35)41-42(45(47)49)44(48(46(41)50)28-30(8-4)16-10-6-2)40-24-22-38(54-40)36-26-32-18-12-14-20-34(32)52-36/h11-14,17-26,29-30H,5-10,15-16,27-28H2,1-4H3. The third-order valence-corrected chi connectivity index (χ3v) is 13.4. The molecule has 0 spiro atoms. The molecule has 2 unspecified atom stereocenters. The second-order valence-electron chi connectivity index (χ2n) is 14.7. The number of carbonyl (C=O) groups is 2. The number of hydrogen-bond acceptors (Lipinski definition) is 6. The normalized spacial score (nSPS) is 15.9. The van der Waals surface area contributed by atoms with E-state index in [0.29, 0.717) is 36.1 Å². The summed E-state index contributed by atoms with van der Waals surface area (Å²) in [6.07, 6.45) is 8.45. The number of unbranched alkanes of at least 4 members (excludes halogenated alkanes) is 2. The minimum atomic E-state index is -0.0696.